The Balaban J connectivity index is 1.32. The van der Waals surface area contributed by atoms with E-state index in [1.54, 1.807) is 42.7 Å². The fourth-order valence-corrected chi connectivity index (χ4v) is 5.14. The summed E-state index contributed by atoms with van der Waals surface area (Å²) in [6, 6.07) is 17.8. The second-order valence-corrected chi connectivity index (χ2v) is 12.9. The van der Waals surface area contributed by atoms with Gasteiger partial charge in [0.05, 0.1) is 17.3 Å². The van der Waals surface area contributed by atoms with Gasteiger partial charge < -0.3 is 36.4 Å². The summed E-state index contributed by atoms with van der Waals surface area (Å²) in [5, 5.41) is 24.2. The molecule has 0 saturated heterocycles. The van der Waals surface area contributed by atoms with E-state index in [1.165, 1.54) is 0 Å². The molecule has 3 amide bonds. The van der Waals surface area contributed by atoms with Crippen molar-refractivity contribution in [3.05, 3.63) is 106 Å². The average molecular weight is 702 g/mol. The van der Waals surface area contributed by atoms with Crippen LogP contribution in [0, 0.1) is 6.92 Å². The van der Waals surface area contributed by atoms with Gasteiger partial charge in [-0.15, -0.1) is 0 Å². The van der Waals surface area contributed by atoms with Crippen LogP contribution in [-0.4, -0.2) is 64.8 Å². The Kier molecular flexibility index (Phi) is 13.8. The first-order valence-corrected chi connectivity index (χ1v) is 16.7. The van der Waals surface area contributed by atoms with Gasteiger partial charge in [0.15, 0.2) is 0 Å². The lowest BCUT2D eigenvalue weighted by Gasteiger charge is -2.19. The molecule has 2 aromatic carbocycles. The first-order chi connectivity index (χ1) is 23.9. The van der Waals surface area contributed by atoms with Crippen molar-refractivity contribution in [2.75, 3.05) is 36.9 Å². The molecule has 0 radical (unpaired) electrons. The number of hydrogen-bond donors (Lipinski definition) is 6. The summed E-state index contributed by atoms with van der Waals surface area (Å²) in [6.07, 6.45) is 3.56. The molecule has 0 saturated carbocycles. The average Bonchev–Trinajstić information content (AvgIpc) is 3.08. The van der Waals surface area contributed by atoms with E-state index in [0.717, 1.165) is 28.7 Å². The molecule has 0 aliphatic carbocycles. The third kappa shape index (κ3) is 11.3. The number of amides is 3. The zero-order chi connectivity index (χ0) is 36.1. The number of pyridine rings is 2. The van der Waals surface area contributed by atoms with Crippen LogP contribution in [0.2, 0.25) is 5.02 Å². The van der Waals surface area contributed by atoms with Crippen LogP contribution < -0.4 is 26.6 Å². The van der Waals surface area contributed by atoms with Crippen molar-refractivity contribution < 1.29 is 24.2 Å². The van der Waals surface area contributed by atoms with E-state index in [1.807, 2.05) is 58.0 Å². The minimum absolute atomic E-state index is 0.0451. The standard InChI is InChI=1S/C37H44ClN7O5/c1-24-27(8-5-10-29(24)44-34(47)31-14-13-26(23-42-31)21-40-18-19-46)28-9-6-11-30(33(28)38)45-35(48)32-15-12-25(22-43-32)20-39-16-7-17-41-36(49)50-37(2,3)4/h5-6,8-15,22-23,39-40,46H,7,16-21H2,1-4H3,(H,41,49)(H,44,47)(H,45,48). The molecule has 0 aliphatic rings. The zero-order valence-corrected chi connectivity index (χ0v) is 29.5. The number of alkyl carbamates (subject to hydrolysis) is 1. The van der Waals surface area contributed by atoms with E-state index in [2.05, 4.69) is 36.6 Å². The summed E-state index contributed by atoms with van der Waals surface area (Å²) in [7, 11) is 0. The van der Waals surface area contributed by atoms with E-state index in [-0.39, 0.29) is 23.9 Å². The van der Waals surface area contributed by atoms with Gasteiger partial charge in [-0.25, -0.2) is 4.79 Å². The monoisotopic (exact) mass is 701 g/mol. The lowest BCUT2D eigenvalue weighted by atomic mass is 9.98. The SMILES string of the molecule is Cc1c(NC(=O)c2ccc(CNCCO)cn2)cccc1-c1cccc(NC(=O)c2ccc(CNCCCNC(=O)OC(C)(C)C)cn2)c1Cl. The minimum Gasteiger partial charge on any atom is -0.444 e. The molecule has 0 spiro atoms. The van der Waals surface area contributed by atoms with Crippen LogP contribution in [0.1, 0.15) is 64.9 Å². The van der Waals surface area contributed by atoms with Crippen LogP contribution in [0.15, 0.2) is 73.1 Å². The number of rotatable bonds is 15. The van der Waals surface area contributed by atoms with Crippen molar-refractivity contribution >= 4 is 40.9 Å². The zero-order valence-electron chi connectivity index (χ0n) is 28.7. The number of carbonyl (C=O) groups excluding carboxylic acids is 3. The number of nitrogens with one attached hydrogen (secondary N) is 5. The second-order valence-electron chi connectivity index (χ2n) is 12.5. The van der Waals surface area contributed by atoms with Crippen molar-refractivity contribution in [2.45, 2.75) is 52.8 Å². The summed E-state index contributed by atoms with van der Waals surface area (Å²) >= 11 is 6.84. The van der Waals surface area contributed by atoms with Crippen LogP contribution in [-0.2, 0) is 17.8 Å². The molecule has 6 N–H and O–H groups in total. The molecule has 12 nitrogen and oxygen atoms in total. The highest BCUT2D eigenvalue weighted by Crippen LogP contribution is 2.37. The molecular formula is C37H44ClN7O5. The van der Waals surface area contributed by atoms with Gasteiger partial charge >= 0.3 is 6.09 Å². The Morgan fingerprint density at radius 1 is 0.760 bits per heavy atom. The highest BCUT2D eigenvalue weighted by molar-refractivity contribution is 6.36. The smallest absolute Gasteiger partial charge is 0.407 e. The second kappa shape index (κ2) is 18.2. The predicted molar refractivity (Wildman–Crippen MR) is 195 cm³/mol. The van der Waals surface area contributed by atoms with Crippen LogP contribution in [0.3, 0.4) is 0 Å². The maximum Gasteiger partial charge on any atom is 0.407 e. The van der Waals surface area contributed by atoms with Crippen molar-refractivity contribution in [2.24, 2.45) is 0 Å². The number of carbonyl (C=O) groups is 3. The third-order valence-corrected chi connectivity index (χ3v) is 7.79. The Bertz CT molecular complexity index is 1760. The first-order valence-electron chi connectivity index (χ1n) is 16.4. The summed E-state index contributed by atoms with van der Waals surface area (Å²) in [6.45, 7) is 10.1. The summed E-state index contributed by atoms with van der Waals surface area (Å²) in [4.78, 5) is 46.5. The molecule has 0 bridgehead atoms. The third-order valence-electron chi connectivity index (χ3n) is 7.38. The molecular weight excluding hydrogens is 658 g/mol. The minimum atomic E-state index is -0.531. The molecule has 0 atom stereocenters. The van der Waals surface area contributed by atoms with E-state index in [0.29, 0.717) is 54.7 Å². The molecule has 0 fully saturated rings. The molecule has 264 valence electrons. The van der Waals surface area contributed by atoms with Gasteiger partial charge in [-0.1, -0.05) is 48.0 Å². The van der Waals surface area contributed by atoms with Crippen molar-refractivity contribution in [3.8, 4) is 11.1 Å². The molecule has 2 aromatic heterocycles. The number of hydrogen-bond acceptors (Lipinski definition) is 9. The van der Waals surface area contributed by atoms with Gasteiger partial charge in [-0.2, -0.15) is 0 Å². The van der Waals surface area contributed by atoms with Gasteiger partial charge in [0.2, 0.25) is 0 Å². The van der Waals surface area contributed by atoms with E-state index in [4.69, 9.17) is 21.4 Å². The molecule has 2 heterocycles. The van der Waals surface area contributed by atoms with Gasteiger partial charge in [0.1, 0.15) is 17.0 Å². The van der Waals surface area contributed by atoms with Crippen LogP contribution in [0.4, 0.5) is 16.2 Å². The topological polar surface area (TPSA) is 167 Å². The highest BCUT2D eigenvalue weighted by Gasteiger charge is 2.18. The summed E-state index contributed by atoms with van der Waals surface area (Å²) in [5.74, 6) is -0.758. The number of benzene rings is 2. The van der Waals surface area contributed by atoms with Crippen LogP contribution >= 0.6 is 11.6 Å². The molecule has 4 rings (SSSR count). The quantitative estimate of drug-likeness (QED) is 0.0853. The molecule has 0 unspecified atom stereocenters. The Hall–Kier alpha value is -4.88. The number of aliphatic hydroxyl groups excluding tert-OH is 1. The first kappa shape index (κ1) is 37.9. The number of aliphatic hydroxyl groups is 1. The molecule has 50 heavy (non-hydrogen) atoms. The van der Waals surface area contributed by atoms with E-state index in [9.17, 15) is 14.4 Å². The number of nitrogens with zero attached hydrogens (tertiary/aromatic N) is 2. The highest BCUT2D eigenvalue weighted by atomic mass is 35.5. The molecule has 4 aromatic rings. The number of ether oxygens (including phenoxy) is 1. The maximum absolute atomic E-state index is 13.1. The largest absolute Gasteiger partial charge is 0.444 e. The Morgan fingerprint density at radius 3 is 1.88 bits per heavy atom. The molecule has 0 aliphatic heterocycles. The number of anilines is 2. The maximum atomic E-state index is 13.1. The Labute approximate surface area is 297 Å². The van der Waals surface area contributed by atoms with Crippen molar-refractivity contribution in [1.82, 2.24) is 25.9 Å². The fourth-order valence-electron chi connectivity index (χ4n) is 4.86. The lowest BCUT2D eigenvalue weighted by Crippen LogP contribution is -2.33. The summed E-state index contributed by atoms with van der Waals surface area (Å²) < 4.78 is 5.22. The van der Waals surface area contributed by atoms with Crippen LogP contribution in [0.5, 0.6) is 0 Å². The predicted octanol–water partition coefficient (Wildman–Crippen LogP) is 5.70. The Morgan fingerprint density at radius 2 is 1.32 bits per heavy atom. The molecule has 13 heteroatoms. The summed E-state index contributed by atoms with van der Waals surface area (Å²) in [5.41, 5.74) is 5.07. The van der Waals surface area contributed by atoms with Gasteiger partial charge in [-0.05, 0) is 87.2 Å². The van der Waals surface area contributed by atoms with Gasteiger partial charge in [0, 0.05) is 49.8 Å². The van der Waals surface area contributed by atoms with Crippen molar-refractivity contribution in [1.29, 1.82) is 0 Å². The van der Waals surface area contributed by atoms with Crippen LogP contribution in [0.25, 0.3) is 11.1 Å². The van der Waals surface area contributed by atoms with Gasteiger partial charge in [-0.3, -0.25) is 19.6 Å². The fraction of sp³-hybridized carbons (Fsp3) is 0.324. The van der Waals surface area contributed by atoms with Gasteiger partial charge in [0.25, 0.3) is 11.8 Å². The van der Waals surface area contributed by atoms with Crippen molar-refractivity contribution in [3.63, 3.8) is 0 Å². The van der Waals surface area contributed by atoms with E-state index >= 15 is 0 Å². The number of halogens is 1. The lowest BCUT2D eigenvalue weighted by molar-refractivity contribution is 0.0527. The van der Waals surface area contributed by atoms with E-state index < -0.39 is 17.6 Å². The normalized spacial score (nSPS) is 11.2. The number of aromatic nitrogens is 2.